The van der Waals surface area contributed by atoms with E-state index in [0.717, 1.165) is 21.8 Å². The van der Waals surface area contributed by atoms with Crippen LogP contribution in [0.3, 0.4) is 0 Å². The molecule has 2 aromatic heterocycles. The Bertz CT molecular complexity index is 700. The van der Waals surface area contributed by atoms with Crippen molar-refractivity contribution in [2.24, 2.45) is 0 Å². The minimum absolute atomic E-state index is 0. The topological polar surface area (TPSA) is 25.8 Å². The van der Waals surface area contributed by atoms with Crippen LogP contribution < -0.4 is 0 Å². The predicted molar refractivity (Wildman–Crippen MR) is 67.1 cm³/mol. The second-order valence-corrected chi connectivity index (χ2v) is 4.23. The standard InChI is InChI=1S/C12H6Cl2N2.Au/c13-9-6-7-3-4-10-8(2-1-5-15-10)11(7)16-12(9)14;/h1-6H;. The average Bonchev–Trinajstić information content (AvgIpc) is 2.31. The maximum Gasteiger partial charge on any atom is 0.148 e. The summed E-state index contributed by atoms with van der Waals surface area (Å²) < 4.78 is 0. The molecular weight excluding hydrogens is 440 g/mol. The number of fused-ring (bicyclic) bond motifs is 3. The van der Waals surface area contributed by atoms with E-state index in [0.29, 0.717) is 10.2 Å². The average molecular weight is 446 g/mol. The molecule has 0 saturated heterocycles. The third-order valence-electron chi connectivity index (χ3n) is 2.48. The van der Waals surface area contributed by atoms with E-state index in [9.17, 15) is 0 Å². The van der Waals surface area contributed by atoms with Crippen LogP contribution in [0.25, 0.3) is 21.8 Å². The summed E-state index contributed by atoms with van der Waals surface area (Å²) in [5, 5.41) is 2.75. The molecule has 0 spiro atoms. The van der Waals surface area contributed by atoms with Crippen molar-refractivity contribution in [3.63, 3.8) is 0 Å². The third-order valence-corrected chi connectivity index (χ3v) is 3.15. The van der Waals surface area contributed by atoms with Gasteiger partial charge >= 0.3 is 0 Å². The second-order valence-electron chi connectivity index (χ2n) is 3.47. The van der Waals surface area contributed by atoms with Crippen LogP contribution >= 0.6 is 23.2 Å². The van der Waals surface area contributed by atoms with Crippen molar-refractivity contribution in [1.29, 1.82) is 0 Å². The van der Waals surface area contributed by atoms with E-state index >= 15 is 0 Å². The van der Waals surface area contributed by atoms with Gasteiger partial charge in [-0.3, -0.25) is 4.98 Å². The molecule has 3 rings (SSSR count). The van der Waals surface area contributed by atoms with Crippen molar-refractivity contribution in [3.05, 3.63) is 46.7 Å². The van der Waals surface area contributed by atoms with Crippen LogP contribution in [0.2, 0.25) is 10.2 Å². The fraction of sp³-hybridized carbons (Fsp3) is 0. The number of pyridine rings is 2. The van der Waals surface area contributed by atoms with Gasteiger partial charge in [0.05, 0.1) is 16.1 Å². The summed E-state index contributed by atoms with van der Waals surface area (Å²) in [4.78, 5) is 8.56. The summed E-state index contributed by atoms with van der Waals surface area (Å²) in [6.45, 7) is 0. The molecule has 3 aromatic rings. The summed E-state index contributed by atoms with van der Waals surface area (Å²) in [6.07, 6.45) is 1.76. The fourth-order valence-electron chi connectivity index (χ4n) is 1.74. The SMILES string of the molecule is Clc1cc2ccc3ncccc3c2nc1Cl.[Au]. The van der Waals surface area contributed by atoms with Gasteiger partial charge in [-0.2, -0.15) is 0 Å². The van der Waals surface area contributed by atoms with Gasteiger partial charge in [0.2, 0.25) is 0 Å². The number of benzene rings is 1. The van der Waals surface area contributed by atoms with Gasteiger partial charge in [0.15, 0.2) is 0 Å². The summed E-state index contributed by atoms with van der Waals surface area (Å²) in [5.41, 5.74) is 1.74. The molecule has 0 aliphatic heterocycles. The third kappa shape index (κ3) is 2.19. The molecule has 0 atom stereocenters. The molecule has 0 amide bonds. The van der Waals surface area contributed by atoms with E-state index in [1.807, 2.05) is 30.3 Å². The van der Waals surface area contributed by atoms with Gasteiger partial charge in [-0.1, -0.05) is 29.3 Å². The number of nitrogens with zero attached hydrogens (tertiary/aromatic N) is 2. The minimum Gasteiger partial charge on any atom is -0.256 e. The first-order valence-electron chi connectivity index (χ1n) is 4.75. The first-order chi connectivity index (χ1) is 7.75. The number of hydrogen-bond acceptors (Lipinski definition) is 2. The molecule has 17 heavy (non-hydrogen) atoms. The number of halogens is 2. The summed E-state index contributed by atoms with van der Waals surface area (Å²) in [7, 11) is 0. The van der Waals surface area contributed by atoms with E-state index in [1.165, 1.54) is 0 Å². The van der Waals surface area contributed by atoms with Crippen molar-refractivity contribution in [1.82, 2.24) is 9.97 Å². The van der Waals surface area contributed by atoms with E-state index in [2.05, 4.69) is 9.97 Å². The quantitative estimate of drug-likeness (QED) is 0.296. The number of aromatic nitrogens is 2. The smallest absolute Gasteiger partial charge is 0.148 e. The Balaban J connectivity index is 0.00000108. The Morgan fingerprint density at radius 3 is 2.71 bits per heavy atom. The molecular formula is C12H6AuCl2N2. The number of rotatable bonds is 0. The predicted octanol–water partition coefficient (Wildman–Crippen LogP) is 4.09. The van der Waals surface area contributed by atoms with Crippen LogP contribution in [-0.2, 0) is 22.4 Å². The van der Waals surface area contributed by atoms with Gasteiger partial charge in [-0.05, 0) is 24.3 Å². The molecule has 0 N–H and O–H groups in total. The molecule has 0 aliphatic carbocycles. The van der Waals surface area contributed by atoms with Gasteiger partial charge in [0.25, 0.3) is 0 Å². The van der Waals surface area contributed by atoms with Gasteiger partial charge in [0.1, 0.15) is 5.15 Å². The first kappa shape index (κ1) is 12.8. The Morgan fingerprint density at radius 1 is 1.06 bits per heavy atom. The zero-order valence-electron chi connectivity index (χ0n) is 8.42. The summed E-state index contributed by atoms with van der Waals surface area (Å²) in [5.74, 6) is 0. The largest absolute Gasteiger partial charge is 0.256 e. The fourth-order valence-corrected chi connectivity index (χ4v) is 2.04. The van der Waals surface area contributed by atoms with E-state index in [1.54, 1.807) is 6.20 Å². The van der Waals surface area contributed by atoms with Crippen molar-refractivity contribution in [2.45, 2.75) is 0 Å². The van der Waals surface area contributed by atoms with Crippen LogP contribution in [-0.4, -0.2) is 9.97 Å². The van der Waals surface area contributed by atoms with Crippen LogP contribution in [0.15, 0.2) is 36.5 Å². The molecule has 0 bridgehead atoms. The van der Waals surface area contributed by atoms with Crippen LogP contribution in [0.1, 0.15) is 0 Å². The first-order valence-corrected chi connectivity index (χ1v) is 5.51. The summed E-state index contributed by atoms with van der Waals surface area (Å²) in [6, 6.07) is 9.57. The zero-order chi connectivity index (χ0) is 11.1. The molecule has 0 aliphatic rings. The molecule has 0 unspecified atom stereocenters. The van der Waals surface area contributed by atoms with Crippen molar-refractivity contribution in [2.75, 3.05) is 0 Å². The van der Waals surface area contributed by atoms with E-state index < -0.39 is 0 Å². The second kappa shape index (κ2) is 4.93. The zero-order valence-corrected chi connectivity index (χ0v) is 12.1. The van der Waals surface area contributed by atoms with Crippen LogP contribution in [0.4, 0.5) is 0 Å². The van der Waals surface area contributed by atoms with Crippen molar-refractivity contribution >= 4 is 45.0 Å². The Hall–Kier alpha value is -0.640. The molecule has 2 nitrogen and oxygen atoms in total. The monoisotopic (exact) mass is 445 g/mol. The molecule has 1 radical (unpaired) electrons. The Labute approximate surface area is 123 Å². The number of hydrogen-bond donors (Lipinski definition) is 0. The van der Waals surface area contributed by atoms with Crippen LogP contribution in [0.5, 0.6) is 0 Å². The van der Waals surface area contributed by atoms with E-state index in [4.69, 9.17) is 23.2 Å². The molecule has 1 aromatic carbocycles. The minimum atomic E-state index is 0. The van der Waals surface area contributed by atoms with Crippen LogP contribution in [0, 0.1) is 0 Å². The van der Waals surface area contributed by atoms with Crippen molar-refractivity contribution < 1.29 is 22.4 Å². The van der Waals surface area contributed by atoms with Gasteiger partial charge in [-0.15, -0.1) is 0 Å². The normalized spacial score (nSPS) is 10.5. The van der Waals surface area contributed by atoms with Gasteiger partial charge in [0, 0.05) is 39.3 Å². The van der Waals surface area contributed by atoms with Crippen molar-refractivity contribution in [3.8, 4) is 0 Å². The Kier molecular flexibility index (Phi) is 3.71. The maximum absolute atomic E-state index is 5.93. The Morgan fingerprint density at radius 2 is 1.88 bits per heavy atom. The molecule has 89 valence electrons. The van der Waals surface area contributed by atoms with E-state index in [-0.39, 0.29) is 22.4 Å². The molecule has 0 fully saturated rings. The maximum atomic E-state index is 5.93. The molecule has 2 heterocycles. The molecule has 0 saturated carbocycles. The molecule has 5 heteroatoms. The summed E-state index contributed by atoms with van der Waals surface area (Å²) >= 11 is 11.9. The van der Waals surface area contributed by atoms with Gasteiger partial charge in [-0.25, -0.2) is 4.98 Å². The van der Waals surface area contributed by atoms with Gasteiger partial charge < -0.3 is 0 Å².